The molecule has 0 radical (unpaired) electrons. The van der Waals surface area contributed by atoms with Crippen molar-refractivity contribution in [1.29, 1.82) is 0 Å². The number of thiophene rings is 1. The van der Waals surface area contributed by atoms with Crippen LogP contribution in [-0.4, -0.2) is 37.1 Å². The van der Waals surface area contributed by atoms with Crippen molar-refractivity contribution in [3.63, 3.8) is 0 Å². The minimum Gasteiger partial charge on any atom is -0.390 e. The summed E-state index contributed by atoms with van der Waals surface area (Å²) >= 11 is 1.61. The molecular formula is C15H22N2O2S. The molecule has 0 spiro atoms. The zero-order valence-electron chi connectivity index (χ0n) is 12.2. The Morgan fingerprint density at radius 3 is 2.75 bits per heavy atom. The van der Waals surface area contributed by atoms with Gasteiger partial charge in [0.15, 0.2) is 0 Å². The number of aryl methyl sites for hydroxylation is 1. The topological polar surface area (TPSA) is 55.6 Å². The molecule has 5 heteroatoms. The van der Waals surface area contributed by atoms with E-state index in [2.05, 4.69) is 13.8 Å². The van der Waals surface area contributed by atoms with Gasteiger partial charge in [-0.05, 0) is 30.2 Å². The molecule has 1 amide bonds. The van der Waals surface area contributed by atoms with E-state index in [0.717, 1.165) is 18.4 Å². The van der Waals surface area contributed by atoms with Gasteiger partial charge < -0.3 is 15.4 Å². The Hall–Kier alpha value is -1.07. The molecule has 0 aromatic carbocycles. The van der Waals surface area contributed by atoms with Crippen LogP contribution in [0.15, 0.2) is 0 Å². The van der Waals surface area contributed by atoms with Crippen molar-refractivity contribution >= 4 is 22.2 Å². The molecule has 1 aliphatic carbocycles. The lowest BCUT2D eigenvalue weighted by Gasteiger charge is -2.33. The number of carbonyl (C=O) groups is 1. The fourth-order valence-electron chi connectivity index (χ4n) is 3.34. The second kappa shape index (κ2) is 5.04. The number of carbonyl (C=O) groups excluding carboxylic acids is 1. The lowest BCUT2D eigenvalue weighted by molar-refractivity contribution is 0.0302. The number of hydrogen-bond acceptors (Lipinski definition) is 4. The van der Waals surface area contributed by atoms with Gasteiger partial charge in [-0.2, -0.15) is 0 Å². The van der Waals surface area contributed by atoms with E-state index in [1.807, 2.05) is 4.90 Å². The van der Waals surface area contributed by atoms with Crippen molar-refractivity contribution in [2.45, 2.75) is 38.5 Å². The number of ether oxygens (including phenoxy) is 1. The second-order valence-electron chi connectivity index (χ2n) is 6.28. The smallest absolute Gasteiger partial charge is 0.257 e. The van der Waals surface area contributed by atoms with E-state index >= 15 is 0 Å². The van der Waals surface area contributed by atoms with Gasteiger partial charge in [0.1, 0.15) is 0 Å². The SMILES string of the molecule is CC1(C)CCCc2sc(N)c(C(=O)N3CCOCC3)c21. The molecule has 0 atom stereocenters. The zero-order valence-corrected chi connectivity index (χ0v) is 13.0. The van der Waals surface area contributed by atoms with Crippen molar-refractivity contribution in [2.24, 2.45) is 0 Å². The molecule has 0 unspecified atom stereocenters. The highest BCUT2D eigenvalue weighted by Gasteiger charge is 2.36. The maximum absolute atomic E-state index is 12.8. The molecule has 1 fully saturated rings. The molecule has 1 saturated heterocycles. The van der Waals surface area contributed by atoms with E-state index in [9.17, 15) is 4.79 Å². The Balaban J connectivity index is 2.01. The summed E-state index contributed by atoms with van der Waals surface area (Å²) in [4.78, 5) is 16.0. The highest BCUT2D eigenvalue weighted by molar-refractivity contribution is 7.16. The predicted molar refractivity (Wildman–Crippen MR) is 81.4 cm³/mol. The zero-order chi connectivity index (χ0) is 14.3. The number of nitrogens with zero attached hydrogens (tertiary/aromatic N) is 1. The summed E-state index contributed by atoms with van der Waals surface area (Å²) in [5.41, 5.74) is 8.23. The number of rotatable bonds is 1. The third-order valence-electron chi connectivity index (χ3n) is 4.40. The van der Waals surface area contributed by atoms with Gasteiger partial charge in [0.05, 0.1) is 23.8 Å². The summed E-state index contributed by atoms with van der Waals surface area (Å²) in [5.74, 6) is 0.0956. The van der Waals surface area contributed by atoms with E-state index in [0.29, 0.717) is 31.3 Å². The summed E-state index contributed by atoms with van der Waals surface area (Å²) in [6.45, 7) is 7.05. The van der Waals surface area contributed by atoms with E-state index in [-0.39, 0.29) is 11.3 Å². The number of fused-ring (bicyclic) bond motifs is 1. The molecular weight excluding hydrogens is 272 g/mol. The van der Waals surface area contributed by atoms with Crippen molar-refractivity contribution in [3.05, 3.63) is 16.0 Å². The van der Waals surface area contributed by atoms with Gasteiger partial charge in [-0.1, -0.05) is 13.8 Å². The summed E-state index contributed by atoms with van der Waals surface area (Å²) in [6.07, 6.45) is 3.37. The molecule has 20 heavy (non-hydrogen) atoms. The van der Waals surface area contributed by atoms with Gasteiger partial charge in [-0.3, -0.25) is 4.79 Å². The van der Waals surface area contributed by atoms with Crippen LogP contribution >= 0.6 is 11.3 Å². The van der Waals surface area contributed by atoms with Crippen LogP contribution in [-0.2, 0) is 16.6 Å². The molecule has 2 N–H and O–H groups in total. The van der Waals surface area contributed by atoms with Gasteiger partial charge in [0, 0.05) is 18.0 Å². The van der Waals surface area contributed by atoms with Gasteiger partial charge in [-0.15, -0.1) is 11.3 Å². The van der Waals surface area contributed by atoms with Crippen LogP contribution in [0.25, 0.3) is 0 Å². The van der Waals surface area contributed by atoms with Crippen LogP contribution in [0.4, 0.5) is 5.00 Å². The van der Waals surface area contributed by atoms with E-state index in [4.69, 9.17) is 10.5 Å². The van der Waals surface area contributed by atoms with Gasteiger partial charge in [0.2, 0.25) is 0 Å². The summed E-state index contributed by atoms with van der Waals surface area (Å²) in [5, 5.41) is 0.696. The van der Waals surface area contributed by atoms with Crippen LogP contribution in [0, 0.1) is 0 Å². The van der Waals surface area contributed by atoms with Crippen LogP contribution in [0.3, 0.4) is 0 Å². The first-order valence-electron chi connectivity index (χ1n) is 7.29. The maximum atomic E-state index is 12.8. The fraction of sp³-hybridized carbons (Fsp3) is 0.667. The van der Waals surface area contributed by atoms with Crippen molar-refractivity contribution < 1.29 is 9.53 Å². The minimum atomic E-state index is 0.0545. The van der Waals surface area contributed by atoms with Crippen LogP contribution < -0.4 is 5.73 Å². The first-order chi connectivity index (χ1) is 9.50. The highest BCUT2D eigenvalue weighted by atomic mass is 32.1. The number of nitrogen functional groups attached to an aromatic ring is 1. The molecule has 1 aromatic heterocycles. The first kappa shape index (κ1) is 13.9. The van der Waals surface area contributed by atoms with Crippen molar-refractivity contribution in [3.8, 4) is 0 Å². The van der Waals surface area contributed by atoms with Crippen LogP contribution in [0.1, 0.15) is 47.5 Å². The normalized spacial score (nSPS) is 21.6. The maximum Gasteiger partial charge on any atom is 0.257 e. The Labute approximate surface area is 123 Å². The number of anilines is 1. The monoisotopic (exact) mass is 294 g/mol. The van der Waals surface area contributed by atoms with Crippen LogP contribution in [0.5, 0.6) is 0 Å². The number of nitrogens with two attached hydrogens (primary N) is 1. The van der Waals surface area contributed by atoms with Crippen LogP contribution in [0.2, 0.25) is 0 Å². The molecule has 3 rings (SSSR count). The lowest BCUT2D eigenvalue weighted by Crippen LogP contribution is -2.41. The number of amides is 1. The predicted octanol–water partition coefficient (Wildman–Crippen LogP) is 2.42. The summed E-state index contributed by atoms with van der Waals surface area (Å²) in [6, 6.07) is 0. The Kier molecular flexibility index (Phi) is 3.50. The van der Waals surface area contributed by atoms with Crippen molar-refractivity contribution in [2.75, 3.05) is 32.0 Å². The number of morpholine rings is 1. The van der Waals surface area contributed by atoms with E-state index in [1.165, 1.54) is 16.9 Å². The Bertz CT molecular complexity index is 530. The molecule has 1 aromatic rings. The lowest BCUT2D eigenvalue weighted by atomic mass is 9.74. The average Bonchev–Trinajstić information content (AvgIpc) is 2.76. The van der Waals surface area contributed by atoms with Gasteiger partial charge in [-0.25, -0.2) is 0 Å². The second-order valence-corrected chi connectivity index (χ2v) is 7.42. The van der Waals surface area contributed by atoms with E-state index in [1.54, 1.807) is 11.3 Å². The Morgan fingerprint density at radius 2 is 2.05 bits per heavy atom. The molecule has 4 nitrogen and oxygen atoms in total. The molecule has 0 bridgehead atoms. The largest absolute Gasteiger partial charge is 0.390 e. The Morgan fingerprint density at radius 1 is 1.35 bits per heavy atom. The quantitative estimate of drug-likeness (QED) is 0.865. The van der Waals surface area contributed by atoms with E-state index < -0.39 is 0 Å². The highest BCUT2D eigenvalue weighted by Crippen LogP contribution is 2.45. The third-order valence-corrected chi connectivity index (χ3v) is 5.48. The average molecular weight is 294 g/mol. The third kappa shape index (κ3) is 2.23. The van der Waals surface area contributed by atoms with Gasteiger partial charge in [0.25, 0.3) is 5.91 Å². The fourth-order valence-corrected chi connectivity index (χ4v) is 4.63. The summed E-state index contributed by atoms with van der Waals surface area (Å²) < 4.78 is 5.33. The van der Waals surface area contributed by atoms with Gasteiger partial charge >= 0.3 is 0 Å². The molecule has 2 heterocycles. The summed E-state index contributed by atoms with van der Waals surface area (Å²) in [7, 11) is 0. The molecule has 1 aliphatic heterocycles. The van der Waals surface area contributed by atoms with Crippen molar-refractivity contribution in [1.82, 2.24) is 4.90 Å². The number of hydrogen-bond donors (Lipinski definition) is 1. The molecule has 110 valence electrons. The minimum absolute atomic E-state index is 0.0545. The standard InChI is InChI=1S/C15H22N2O2S/c1-15(2)5-3-4-10-12(15)11(13(16)20-10)14(18)17-6-8-19-9-7-17/h3-9,16H2,1-2H3. The molecule has 2 aliphatic rings. The first-order valence-corrected chi connectivity index (χ1v) is 8.11. The molecule has 0 saturated carbocycles.